The zero-order valence-electron chi connectivity index (χ0n) is 11.2. The number of carbonyl (C=O) groups excluding carboxylic acids is 1. The van der Waals surface area contributed by atoms with Crippen molar-refractivity contribution in [3.63, 3.8) is 0 Å². The van der Waals surface area contributed by atoms with Gasteiger partial charge in [0.2, 0.25) is 5.91 Å². The van der Waals surface area contributed by atoms with Gasteiger partial charge >= 0.3 is 0 Å². The van der Waals surface area contributed by atoms with Crippen LogP contribution in [0.3, 0.4) is 0 Å². The molecule has 1 aliphatic rings. The molecule has 16 heavy (non-hydrogen) atoms. The molecule has 0 spiro atoms. The van der Waals surface area contributed by atoms with Crippen molar-refractivity contribution >= 4 is 5.91 Å². The molecule has 1 unspecified atom stereocenters. The second-order valence-electron chi connectivity index (χ2n) is 5.60. The molecule has 1 saturated heterocycles. The molecule has 0 aliphatic carbocycles. The van der Waals surface area contributed by atoms with Crippen LogP contribution in [0.15, 0.2) is 0 Å². The van der Waals surface area contributed by atoms with E-state index < -0.39 is 0 Å². The Hall–Kier alpha value is -0.610. The van der Waals surface area contributed by atoms with Crippen LogP contribution < -0.4 is 5.73 Å². The maximum atomic E-state index is 12.1. The Bertz CT molecular complexity index is 263. The average Bonchev–Trinajstić information content (AvgIpc) is 2.12. The van der Waals surface area contributed by atoms with Gasteiger partial charge in [0.15, 0.2) is 0 Å². The third kappa shape index (κ3) is 2.38. The second kappa shape index (κ2) is 4.72. The Labute approximate surface area is 98.8 Å². The first kappa shape index (κ1) is 13.5. The second-order valence-corrected chi connectivity index (χ2v) is 5.60. The standard InChI is InChI=1S/C12H25N3O/c1-9(2)15-10(6-7-13)11(16)14(5)8-12(15,3)4/h9-10H,6-8,13H2,1-5H3. The van der Waals surface area contributed by atoms with Crippen molar-refractivity contribution < 1.29 is 4.79 Å². The minimum Gasteiger partial charge on any atom is -0.343 e. The summed E-state index contributed by atoms with van der Waals surface area (Å²) >= 11 is 0. The van der Waals surface area contributed by atoms with Crippen LogP contribution in [0.25, 0.3) is 0 Å². The predicted octanol–water partition coefficient (Wildman–Crippen LogP) is 0.665. The highest BCUT2D eigenvalue weighted by Crippen LogP contribution is 2.28. The van der Waals surface area contributed by atoms with Crippen molar-refractivity contribution in [2.45, 2.75) is 51.7 Å². The Morgan fingerprint density at radius 2 is 2.06 bits per heavy atom. The van der Waals surface area contributed by atoms with E-state index in [1.165, 1.54) is 0 Å². The number of piperazine rings is 1. The van der Waals surface area contributed by atoms with Crippen LogP contribution in [0.2, 0.25) is 0 Å². The molecular weight excluding hydrogens is 202 g/mol. The van der Waals surface area contributed by atoms with Crippen LogP contribution in [0.5, 0.6) is 0 Å². The fourth-order valence-corrected chi connectivity index (χ4v) is 3.01. The van der Waals surface area contributed by atoms with Gasteiger partial charge in [0, 0.05) is 25.2 Å². The first-order chi connectivity index (χ1) is 7.31. The molecule has 4 heteroatoms. The first-order valence-corrected chi connectivity index (χ1v) is 6.04. The van der Waals surface area contributed by atoms with Crippen molar-refractivity contribution in [3.8, 4) is 0 Å². The molecule has 0 radical (unpaired) electrons. The molecule has 1 heterocycles. The van der Waals surface area contributed by atoms with Crippen LogP contribution in [-0.2, 0) is 4.79 Å². The molecule has 0 saturated carbocycles. The smallest absolute Gasteiger partial charge is 0.239 e. The van der Waals surface area contributed by atoms with Gasteiger partial charge in [-0.05, 0) is 40.7 Å². The van der Waals surface area contributed by atoms with E-state index >= 15 is 0 Å². The van der Waals surface area contributed by atoms with E-state index in [2.05, 4.69) is 32.6 Å². The minimum atomic E-state index is -0.0567. The summed E-state index contributed by atoms with van der Waals surface area (Å²) in [6.45, 7) is 10.0. The fraction of sp³-hybridized carbons (Fsp3) is 0.917. The Kier molecular flexibility index (Phi) is 3.97. The topological polar surface area (TPSA) is 49.6 Å². The number of amides is 1. The number of carbonyl (C=O) groups is 1. The summed E-state index contributed by atoms with van der Waals surface area (Å²) in [7, 11) is 1.88. The van der Waals surface area contributed by atoms with Crippen molar-refractivity contribution in [2.24, 2.45) is 5.73 Å². The molecule has 1 fully saturated rings. The van der Waals surface area contributed by atoms with Crippen molar-refractivity contribution in [1.29, 1.82) is 0 Å². The van der Waals surface area contributed by atoms with E-state index in [0.29, 0.717) is 12.6 Å². The van der Waals surface area contributed by atoms with E-state index in [1.54, 1.807) is 0 Å². The molecule has 1 atom stereocenters. The summed E-state index contributed by atoms with van der Waals surface area (Å²) in [6.07, 6.45) is 0.741. The van der Waals surface area contributed by atoms with Gasteiger partial charge in [0.05, 0.1) is 6.04 Å². The van der Waals surface area contributed by atoms with Gasteiger partial charge in [-0.2, -0.15) is 0 Å². The predicted molar refractivity (Wildman–Crippen MR) is 66.2 cm³/mol. The summed E-state index contributed by atoms with van der Waals surface area (Å²) in [6, 6.07) is 0.308. The molecule has 1 aliphatic heterocycles. The summed E-state index contributed by atoms with van der Waals surface area (Å²) in [5, 5.41) is 0. The van der Waals surface area contributed by atoms with Gasteiger partial charge in [0.1, 0.15) is 0 Å². The van der Waals surface area contributed by atoms with Crippen molar-refractivity contribution in [3.05, 3.63) is 0 Å². The normalized spacial score (nSPS) is 26.6. The number of nitrogens with zero attached hydrogens (tertiary/aromatic N) is 2. The summed E-state index contributed by atoms with van der Waals surface area (Å²) in [5.74, 6) is 0.207. The lowest BCUT2D eigenvalue weighted by molar-refractivity contribution is -0.150. The van der Waals surface area contributed by atoms with Crippen molar-refractivity contribution in [2.75, 3.05) is 20.1 Å². The maximum Gasteiger partial charge on any atom is 0.239 e. The van der Waals surface area contributed by atoms with E-state index in [9.17, 15) is 4.79 Å². The monoisotopic (exact) mass is 227 g/mol. The maximum absolute atomic E-state index is 12.1. The van der Waals surface area contributed by atoms with Crippen LogP contribution in [0, 0.1) is 0 Å². The molecule has 4 nitrogen and oxygen atoms in total. The van der Waals surface area contributed by atoms with Crippen LogP contribution in [0.1, 0.15) is 34.1 Å². The van der Waals surface area contributed by atoms with Crippen LogP contribution >= 0.6 is 0 Å². The number of hydrogen-bond acceptors (Lipinski definition) is 3. The van der Waals surface area contributed by atoms with Gasteiger partial charge in [0.25, 0.3) is 0 Å². The van der Waals surface area contributed by atoms with Gasteiger partial charge < -0.3 is 10.6 Å². The van der Waals surface area contributed by atoms with Crippen LogP contribution in [0.4, 0.5) is 0 Å². The molecule has 94 valence electrons. The SMILES string of the molecule is CC(C)N1C(CCN)C(=O)N(C)CC1(C)C. The lowest BCUT2D eigenvalue weighted by Crippen LogP contribution is -2.67. The Balaban J connectivity index is 3.00. The van der Waals surface area contributed by atoms with E-state index in [1.807, 2.05) is 11.9 Å². The van der Waals surface area contributed by atoms with E-state index in [0.717, 1.165) is 13.0 Å². The zero-order valence-corrected chi connectivity index (χ0v) is 11.2. The summed E-state index contributed by atoms with van der Waals surface area (Å²) in [5.41, 5.74) is 5.65. The third-order valence-electron chi connectivity index (χ3n) is 3.32. The molecule has 1 amide bonds. The lowest BCUT2D eigenvalue weighted by atomic mass is 9.91. The van der Waals surface area contributed by atoms with Gasteiger partial charge in [-0.3, -0.25) is 9.69 Å². The highest BCUT2D eigenvalue weighted by Gasteiger charge is 2.44. The molecule has 0 aromatic heterocycles. The molecule has 2 N–H and O–H groups in total. The molecule has 0 aromatic rings. The fourth-order valence-electron chi connectivity index (χ4n) is 3.01. The largest absolute Gasteiger partial charge is 0.343 e. The number of likely N-dealkylation sites (N-methyl/N-ethyl adjacent to an activating group) is 1. The van der Waals surface area contributed by atoms with Gasteiger partial charge in [-0.25, -0.2) is 0 Å². The minimum absolute atomic E-state index is 0.0245. The highest BCUT2D eigenvalue weighted by molar-refractivity contribution is 5.82. The number of hydrogen-bond donors (Lipinski definition) is 1. The molecule has 1 rings (SSSR count). The van der Waals surface area contributed by atoms with E-state index in [-0.39, 0.29) is 17.5 Å². The van der Waals surface area contributed by atoms with Gasteiger partial charge in [-0.1, -0.05) is 0 Å². The van der Waals surface area contributed by atoms with Gasteiger partial charge in [-0.15, -0.1) is 0 Å². The first-order valence-electron chi connectivity index (χ1n) is 6.04. The molecular formula is C12H25N3O. The average molecular weight is 227 g/mol. The van der Waals surface area contributed by atoms with Crippen molar-refractivity contribution in [1.82, 2.24) is 9.80 Å². The zero-order chi connectivity index (χ0) is 12.5. The molecule has 0 bridgehead atoms. The third-order valence-corrected chi connectivity index (χ3v) is 3.32. The Morgan fingerprint density at radius 1 is 1.50 bits per heavy atom. The summed E-state index contributed by atoms with van der Waals surface area (Å²) in [4.78, 5) is 16.3. The summed E-state index contributed by atoms with van der Waals surface area (Å²) < 4.78 is 0. The number of rotatable bonds is 3. The lowest BCUT2D eigenvalue weighted by Gasteiger charge is -2.52. The quantitative estimate of drug-likeness (QED) is 0.771. The number of nitrogens with two attached hydrogens (primary N) is 1. The highest BCUT2D eigenvalue weighted by atomic mass is 16.2. The Morgan fingerprint density at radius 3 is 2.50 bits per heavy atom. The van der Waals surface area contributed by atoms with E-state index in [4.69, 9.17) is 5.73 Å². The molecule has 0 aromatic carbocycles. The van der Waals surface area contributed by atoms with Crippen LogP contribution in [-0.4, -0.2) is 53.5 Å².